The molecule has 4 nitrogen and oxygen atoms in total. The van der Waals surface area contributed by atoms with Crippen LogP contribution in [0, 0.1) is 5.92 Å². The molecule has 5 heteroatoms. The molecule has 1 heterocycles. The molecule has 0 bridgehead atoms. The predicted molar refractivity (Wildman–Crippen MR) is 76.6 cm³/mol. The van der Waals surface area contributed by atoms with E-state index in [4.69, 9.17) is 13.3 Å². The molecule has 2 unspecified atom stereocenters. The minimum atomic E-state index is -2.59. The van der Waals surface area contributed by atoms with E-state index in [2.05, 4.69) is 36.1 Å². The summed E-state index contributed by atoms with van der Waals surface area (Å²) in [4.78, 5) is 2.39. The van der Waals surface area contributed by atoms with Crippen LogP contribution in [-0.2, 0) is 19.8 Å². The van der Waals surface area contributed by atoms with Crippen molar-refractivity contribution >= 4 is 8.80 Å². The molecule has 1 aliphatic rings. The Bertz CT molecular complexity index is 389. The Labute approximate surface area is 116 Å². The maximum atomic E-state index is 5.63. The van der Waals surface area contributed by atoms with Crippen LogP contribution < -0.4 is 0 Å². The molecule has 1 saturated heterocycles. The molecule has 1 fully saturated rings. The van der Waals surface area contributed by atoms with Gasteiger partial charge in [0.15, 0.2) is 0 Å². The van der Waals surface area contributed by atoms with Crippen LogP contribution in [0.2, 0.25) is 0 Å². The molecule has 19 heavy (non-hydrogen) atoms. The average Bonchev–Trinajstić information content (AvgIpc) is 2.45. The molecule has 106 valence electrons. The lowest BCUT2D eigenvalue weighted by atomic mass is 10.0. The normalized spacial score (nSPS) is 24.2. The Kier molecular flexibility index (Phi) is 4.75. The zero-order valence-corrected chi connectivity index (χ0v) is 13.1. The van der Waals surface area contributed by atoms with Crippen LogP contribution in [-0.4, -0.2) is 47.2 Å². The van der Waals surface area contributed by atoms with Gasteiger partial charge in [-0.25, -0.2) is 0 Å². The Morgan fingerprint density at radius 1 is 1.11 bits per heavy atom. The Hall–Kier alpha value is -0.723. The van der Waals surface area contributed by atoms with Crippen LogP contribution in [0.5, 0.6) is 0 Å². The first-order valence-corrected chi connectivity index (χ1v) is 8.40. The van der Waals surface area contributed by atoms with Crippen molar-refractivity contribution in [2.75, 3.05) is 27.9 Å². The highest BCUT2D eigenvalue weighted by Gasteiger charge is 2.57. The zero-order valence-electron chi connectivity index (χ0n) is 12.1. The molecular weight excluding hydrogens is 258 g/mol. The summed E-state index contributed by atoms with van der Waals surface area (Å²) in [5, 5.41) is 0. The molecule has 2 atom stereocenters. The summed E-state index contributed by atoms with van der Waals surface area (Å²) in [5.41, 5.74) is 1.55. The van der Waals surface area contributed by atoms with E-state index in [1.54, 1.807) is 21.3 Å². The first-order chi connectivity index (χ1) is 9.16. The van der Waals surface area contributed by atoms with Gasteiger partial charge in [-0.05, 0) is 11.5 Å². The Balaban J connectivity index is 2.11. The maximum absolute atomic E-state index is 5.63. The van der Waals surface area contributed by atoms with Crippen LogP contribution in [0.4, 0.5) is 0 Å². The standard InChI is InChI=1S/C14H23NO3Si/c1-12-10-15(11-13-8-6-5-7-9-13)14(12)19(16-2,17-3)18-4/h5-9,12,14H,10-11H2,1-4H3. The molecule has 0 N–H and O–H groups in total. The molecule has 0 radical (unpaired) electrons. The van der Waals surface area contributed by atoms with Gasteiger partial charge < -0.3 is 13.3 Å². The third kappa shape index (κ3) is 2.75. The summed E-state index contributed by atoms with van der Waals surface area (Å²) in [6.45, 7) is 4.20. The zero-order chi connectivity index (χ0) is 13.9. The second-order valence-electron chi connectivity index (χ2n) is 5.05. The van der Waals surface area contributed by atoms with Crippen molar-refractivity contribution in [1.29, 1.82) is 0 Å². The lowest BCUT2D eigenvalue weighted by molar-refractivity contribution is -0.00941. The van der Waals surface area contributed by atoms with Crippen LogP contribution >= 0.6 is 0 Å². The summed E-state index contributed by atoms with van der Waals surface area (Å²) in [7, 11) is 2.47. The average molecular weight is 281 g/mol. The number of nitrogens with zero attached hydrogens (tertiary/aromatic N) is 1. The third-order valence-corrected chi connectivity index (χ3v) is 7.26. The van der Waals surface area contributed by atoms with Crippen LogP contribution in [0.25, 0.3) is 0 Å². The highest BCUT2D eigenvalue weighted by atomic mass is 28.4. The van der Waals surface area contributed by atoms with Gasteiger partial charge in [0.1, 0.15) is 0 Å². The number of benzene rings is 1. The van der Waals surface area contributed by atoms with Gasteiger partial charge in [0, 0.05) is 34.4 Å². The van der Waals surface area contributed by atoms with E-state index in [9.17, 15) is 0 Å². The van der Waals surface area contributed by atoms with Gasteiger partial charge in [-0.1, -0.05) is 37.3 Å². The molecular formula is C14H23NO3Si. The van der Waals surface area contributed by atoms with Crippen molar-refractivity contribution in [1.82, 2.24) is 4.90 Å². The number of hydrogen-bond donors (Lipinski definition) is 0. The highest BCUT2D eigenvalue weighted by Crippen LogP contribution is 2.34. The summed E-state index contributed by atoms with van der Waals surface area (Å²) >= 11 is 0. The van der Waals surface area contributed by atoms with Gasteiger partial charge in [0.05, 0.1) is 5.67 Å². The molecule has 1 aromatic carbocycles. The lowest BCUT2D eigenvalue weighted by Gasteiger charge is -2.51. The van der Waals surface area contributed by atoms with E-state index in [1.165, 1.54) is 5.56 Å². The van der Waals surface area contributed by atoms with Crippen LogP contribution in [0.1, 0.15) is 12.5 Å². The minimum absolute atomic E-state index is 0.243. The summed E-state index contributed by atoms with van der Waals surface area (Å²) in [6.07, 6.45) is 0. The van der Waals surface area contributed by atoms with E-state index in [-0.39, 0.29) is 5.67 Å². The van der Waals surface area contributed by atoms with E-state index < -0.39 is 8.80 Å². The van der Waals surface area contributed by atoms with Gasteiger partial charge >= 0.3 is 8.80 Å². The van der Waals surface area contributed by atoms with Gasteiger partial charge in [-0.3, -0.25) is 4.90 Å². The fourth-order valence-corrected chi connectivity index (χ4v) is 5.64. The number of likely N-dealkylation sites (tertiary alicyclic amines) is 1. The van der Waals surface area contributed by atoms with Crippen molar-refractivity contribution in [2.45, 2.75) is 19.1 Å². The molecule has 0 saturated carbocycles. The first-order valence-electron chi connectivity index (χ1n) is 6.60. The smallest absolute Gasteiger partial charge is 0.376 e. The third-order valence-electron chi connectivity index (χ3n) is 3.90. The van der Waals surface area contributed by atoms with Gasteiger partial charge in [-0.15, -0.1) is 0 Å². The van der Waals surface area contributed by atoms with Gasteiger partial charge in [0.2, 0.25) is 0 Å². The van der Waals surface area contributed by atoms with Crippen molar-refractivity contribution < 1.29 is 13.3 Å². The van der Waals surface area contributed by atoms with Crippen molar-refractivity contribution in [3.63, 3.8) is 0 Å². The Morgan fingerprint density at radius 2 is 1.68 bits per heavy atom. The first kappa shape index (κ1) is 14.7. The van der Waals surface area contributed by atoms with Crippen molar-refractivity contribution in [3.05, 3.63) is 35.9 Å². The predicted octanol–water partition coefficient (Wildman–Crippen LogP) is 1.92. The molecule has 0 amide bonds. The summed E-state index contributed by atoms with van der Waals surface area (Å²) < 4.78 is 16.9. The van der Waals surface area contributed by atoms with Gasteiger partial charge in [0.25, 0.3) is 0 Å². The highest BCUT2D eigenvalue weighted by molar-refractivity contribution is 6.62. The maximum Gasteiger partial charge on any atom is 0.518 e. The summed E-state index contributed by atoms with van der Waals surface area (Å²) in [5.74, 6) is 0.537. The minimum Gasteiger partial charge on any atom is -0.376 e. The molecule has 2 rings (SSSR count). The SMILES string of the molecule is CO[Si](OC)(OC)C1C(C)CN1Cc1ccccc1. The fourth-order valence-electron chi connectivity index (χ4n) is 2.97. The van der Waals surface area contributed by atoms with E-state index in [0.717, 1.165) is 13.1 Å². The molecule has 0 aliphatic carbocycles. The number of rotatable bonds is 6. The quantitative estimate of drug-likeness (QED) is 0.746. The lowest BCUT2D eigenvalue weighted by Crippen LogP contribution is -2.71. The largest absolute Gasteiger partial charge is 0.518 e. The summed E-state index contributed by atoms with van der Waals surface area (Å²) in [6, 6.07) is 10.5. The van der Waals surface area contributed by atoms with E-state index >= 15 is 0 Å². The molecule has 0 spiro atoms. The molecule has 1 aliphatic heterocycles. The van der Waals surface area contributed by atoms with Gasteiger partial charge in [-0.2, -0.15) is 0 Å². The molecule has 1 aromatic rings. The van der Waals surface area contributed by atoms with Crippen molar-refractivity contribution in [2.24, 2.45) is 5.92 Å². The second kappa shape index (κ2) is 6.15. The monoisotopic (exact) mass is 281 g/mol. The van der Waals surface area contributed by atoms with Crippen molar-refractivity contribution in [3.8, 4) is 0 Å². The van der Waals surface area contributed by atoms with E-state index in [0.29, 0.717) is 5.92 Å². The Morgan fingerprint density at radius 3 is 2.16 bits per heavy atom. The number of hydrogen-bond acceptors (Lipinski definition) is 4. The van der Waals surface area contributed by atoms with Crippen LogP contribution in [0.3, 0.4) is 0 Å². The van der Waals surface area contributed by atoms with Crippen LogP contribution in [0.15, 0.2) is 30.3 Å². The fraction of sp³-hybridized carbons (Fsp3) is 0.571. The topological polar surface area (TPSA) is 30.9 Å². The van der Waals surface area contributed by atoms with E-state index in [1.807, 2.05) is 6.07 Å². The second-order valence-corrected chi connectivity index (χ2v) is 8.08. The molecule has 0 aromatic heterocycles.